The lowest BCUT2D eigenvalue weighted by Crippen LogP contribution is -2.23. The molecule has 0 saturated heterocycles. The molecule has 7 nitrogen and oxygen atoms in total. The van der Waals surface area contributed by atoms with Crippen molar-refractivity contribution in [3.63, 3.8) is 0 Å². The van der Waals surface area contributed by atoms with Crippen LogP contribution in [0.3, 0.4) is 0 Å². The van der Waals surface area contributed by atoms with Crippen LogP contribution in [0.15, 0.2) is 59.3 Å². The average molecular weight is 384 g/mol. The van der Waals surface area contributed by atoms with Gasteiger partial charge in [-0.1, -0.05) is 18.2 Å². The summed E-state index contributed by atoms with van der Waals surface area (Å²) in [5, 5.41) is 5.58. The van der Waals surface area contributed by atoms with Crippen LogP contribution in [0.25, 0.3) is 44.8 Å². The Hall–Kier alpha value is -3.74. The number of hydrogen-bond acceptors (Lipinski definition) is 6. The zero-order valence-corrected chi connectivity index (χ0v) is 16.4. The summed E-state index contributed by atoms with van der Waals surface area (Å²) < 4.78 is 7.82. The first-order valence-electron chi connectivity index (χ1n) is 9.38. The summed E-state index contributed by atoms with van der Waals surface area (Å²) >= 11 is 0. The Labute approximate surface area is 167 Å². The maximum atomic E-state index is 6.21. The van der Waals surface area contributed by atoms with Gasteiger partial charge in [-0.2, -0.15) is 5.10 Å². The third-order valence-corrected chi connectivity index (χ3v) is 4.81. The van der Waals surface area contributed by atoms with E-state index in [0.29, 0.717) is 17.4 Å². The predicted molar refractivity (Wildman–Crippen MR) is 113 cm³/mol. The number of nitrogen functional groups attached to an aromatic ring is 1. The summed E-state index contributed by atoms with van der Waals surface area (Å²) in [5.74, 6) is 0.997. The molecule has 3 heterocycles. The van der Waals surface area contributed by atoms with Gasteiger partial charge in [0.25, 0.3) is 0 Å². The van der Waals surface area contributed by atoms with Crippen LogP contribution in [0.1, 0.15) is 20.8 Å². The lowest BCUT2D eigenvalue weighted by molar-refractivity contribution is 0.367. The summed E-state index contributed by atoms with van der Waals surface area (Å²) in [6.07, 6.45) is 1.47. The third-order valence-electron chi connectivity index (χ3n) is 4.81. The van der Waals surface area contributed by atoms with Crippen LogP contribution >= 0.6 is 0 Å². The molecule has 2 aromatic carbocycles. The molecule has 29 heavy (non-hydrogen) atoms. The van der Waals surface area contributed by atoms with E-state index in [2.05, 4.69) is 35.7 Å². The molecule has 0 aliphatic carbocycles. The van der Waals surface area contributed by atoms with Gasteiger partial charge in [-0.3, -0.25) is 0 Å². The average Bonchev–Trinajstić information content (AvgIpc) is 3.30. The fourth-order valence-electron chi connectivity index (χ4n) is 3.42. The van der Waals surface area contributed by atoms with Crippen LogP contribution in [0.4, 0.5) is 5.82 Å². The molecule has 0 saturated carbocycles. The first-order chi connectivity index (χ1) is 13.9. The largest absolute Gasteiger partial charge is 0.436 e. The second-order valence-electron chi connectivity index (χ2n) is 7.96. The molecule has 2 N–H and O–H groups in total. The van der Waals surface area contributed by atoms with Gasteiger partial charge in [-0.05, 0) is 51.1 Å². The van der Waals surface area contributed by atoms with E-state index in [-0.39, 0.29) is 5.54 Å². The summed E-state index contributed by atoms with van der Waals surface area (Å²) in [5.41, 5.74) is 10.7. The van der Waals surface area contributed by atoms with Crippen LogP contribution in [0.5, 0.6) is 0 Å². The zero-order valence-electron chi connectivity index (χ0n) is 16.4. The monoisotopic (exact) mass is 384 g/mol. The number of fused-ring (bicyclic) bond motifs is 2. The van der Waals surface area contributed by atoms with E-state index >= 15 is 0 Å². The smallest absolute Gasteiger partial charge is 0.227 e. The van der Waals surface area contributed by atoms with Crippen LogP contribution in [-0.2, 0) is 5.54 Å². The van der Waals surface area contributed by atoms with Crippen molar-refractivity contribution in [2.24, 2.45) is 0 Å². The number of oxazole rings is 1. The van der Waals surface area contributed by atoms with Gasteiger partial charge in [-0.15, -0.1) is 0 Å². The normalized spacial score (nSPS) is 12.1. The molecule has 0 unspecified atom stereocenters. The van der Waals surface area contributed by atoms with Crippen molar-refractivity contribution >= 4 is 28.0 Å². The Morgan fingerprint density at radius 2 is 1.76 bits per heavy atom. The highest BCUT2D eigenvalue weighted by Gasteiger charge is 2.24. The van der Waals surface area contributed by atoms with Crippen molar-refractivity contribution in [2.75, 3.05) is 5.73 Å². The van der Waals surface area contributed by atoms with Crippen molar-refractivity contribution in [1.29, 1.82) is 0 Å². The SMILES string of the molecule is CC(C)(C)n1nc(-c2ccc3oc(-c4ccccc4)nc3c2)c2c(N)ncnc21. The minimum atomic E-state index is -0.254. The molecule has 3 aromatic heterocycles. The zero-order chi connectivity index (χ0) is 20.2. The molecule has 5 aromatic rings. The lowest BCUT2D eigenvalue weighted by atomic mass is 10.1. The molecule has 7 heteroatoms. The van der Waals surface area contributed by atoms with Crippen molar-refractivity contribution in [3.8, 4) is 22.7 Å². The Kier molecular flexibility index (Phi) is 3.67. The quantitative estimate of drug-likeness (QED) is 0.476. The standard InChI is InChI=1S/C22H20N6O/c1-22(2,3)28-20-17(19(23)24-12-25-20)18(27-28)14-9-10-16-15(11-14)26-21(29-16)13-7-5-4-6-8-13/h4-12H,1-3H3,(H2,23,24,25). The van der Waals surface area contributed by atoms with E-state index in [9.17, 15) is 0 Å². The Morgan fingerprint density at radius 3 is 2.52 bits per heavy atom. The van der Waals surface area contributed by atoms with E-state index in [0.717, 1.165) is 33.3 Å². The van der Waals surface area contributed by atoms with Crippen molar-refractivity contribution in [1.82, 2.24) is 24.7 Å². The molecule has 0 atom stereocenters. The van der Waals surface area contributed by atoms with E-state index in [1.807, 2.05) is 53.2 Å². The van der Waals surface area contributed by atoms with Gasteiger partial charge < -0.3 is 10.2 Å². The second kappa shape index (κ2) is 6.13. The highest BCUT2D eigenvalue weighted by atomic mass is 16.3. The Balaban J connectivity index is 1.71. The van der Waals surface area contributed by atoms with Crippen LogP contribution in [0, 0.1) is 0 Å². The van der Waals surface area contributed by atoms with Gasteiger partial charge in [0, 0.05) is 11.1 Å². The number of benzene rings is 2. The summed E-state index contributed by atoms with van der Waals surface area (Å²) in [4.78, 5) is 13.3. The number of nitrogens with zero attached hydrogens (tertiary/aromatic N) is 5. The first-order valence-corrected chi connectivity index (χ1v) is 9.38. The molecule has 0 bridgehead atoms. The van der Waals surface area contributed by atoms with Crippen LogP contribution < -0.4 is 5.73 Å². The third kappa shape index (κ3) is 2.82. The number of rotatable bonds is 2. The molecule has 0 fully saturated rings. The predicted octanol–water partition coefficient (Wildman–Crippen LogP) is 4.64. The summed E-state index contributed by atoms with van der Waals surface area (Å²) in [7, 11) is 0. The van der Waals surface area contributed by atoms with E-state index in [4.69, 9.17) is 15.2 Å². The van der Waals surface area contributed by atoms with Gasteiger partial charge in [0.15, 0.2) is 11.2 Å². The highest BCUT2D eigenvalue weighted by Crippen LogP contribution is 2.34. The number of nitrogens with two attached hydrogens (primary N) is 1. The maximum Gasteiger partial charge on any atom is 0.227 e. The maximum absolute atomic E-state index is 6.21. The van der Waals surface area contributed by atoms with Gasteiger partial charge in [0.1, 0.15) is 23.4 Å². The van der Waals surface area contributed by atoms with Gasteiger partial charge in [0.05, 0.1) is 10.9 Å². The molecule has 5 rings (SSSR count). The molecule has 0 amide bonds. The van der Waals surface area contributed by atoms with Gasteiger partial charge >= 0.3 is 0 Å². The van der Waals surface area contributed by atoms with Crippen molar-refractivity contribution in [2.45, 2.75) is 26.3 Å². The number of aromatic nitrogens is 5. The highest BCUT2D eigenvalue weighted by molar-refractivity contribution is 5.99. The molecule has 0 spiro atoms. The summed E-state index contributed by atoms with van der Waals surface area (Å²) in [6, 6.07) is 15.7. The summed E-state index contributed by atoms with van der Waals surface area (Å²) in [6.45, 7) is 6.23. The molecular weight excluding hydrogens is 364 g/mol. The Morgan fingerprint density at radius 1 is 0.966 bits per heavy atom. The molecule has 0 radical (unpaired) electrons. The van der Waals surface area contributed by atoms with Crippen LogP contribution in [-0.4, -0.2) is 24.7 Å². The van der Waals surface area contributed by atoms with Crippen LogP contribution in [0.2, 0.25) is 0 Å². The molecular formula is C22H20N6O. The fourth-order valence-corrected chi connectivity index (χ4v) is 3.42. The first kappa shape index (κ1) is 17.4. The van der Waals surface area contributed by atoms with Crippen molar-refractivity contribution < 1.29 is 4.42 Å². The molecule has 0 aliphatic rings. The van der Waals surface area contributed by atoms with Crippen molar-refractivity contribution in [3.05, 3.63) is 54.9 Å². The lowest BCUT2D eigenvalue weighted by Gasteiger charge is -2.19. The van der Waals surface area contributed by atoms with E-state index < -0.39 is 0 Å². The molecule has 144 valence electrons. The topological polar surface area (TPSA) is 95.7 Å². The Bertz CT molecular complexity index is 1340. The minimum Gasteiger partial charge on any atom is -0.436 e. The van der Waals surface area contributed by atoms with Gasteiger partial charge in [-0.25, -0.2) is 19.6 Å². The second-order valence-corrected chi connectivity index (χ2v) is 7.96. The molecule has 0 aliphatic heterocycles. The minimum absolute atomic E-state index is 0.254. The number of hydrogen-bond donors (Lipinski definition) is 1. The number of anilines is 1. The van der Waals surface area contributed by atoms with E-state index in [1.54, 1.807) is 0 Å². The fraction of sp³-hybridized carbons (Fsp3) is 0.182. The van der Waals surface area contributed by atoms with E-state index in [1.165, 1.54) is 6.33 Å². The van der Waals surface area contributed by atoms with Gasteiger partial charge in [0.2, 0.25) is 5.89 Å².